The van der Waals surface area contributed by atoms with Gasteiger partial charge in [-0.3, -0.25) is 9.48 Å². The van der Waals surface area contributed by atoms with Crippen LogP contribution in [0.4, 0.5) is 0 Å². The summed E-state index contributed by atoms with van der Waals surface area (Å²) in [6.45, 7) is 5.25. The summed E-state index contributed by atoms with van der Waals surface area (Å²) in [4.78, 5) is 12.5. The lowest BCUT2D eigenvalue weighted by Gasteiger charge is -2.37. The molecular weight excluding hydrogens is 346 g/mol. The molecule has 1 fully saturated rings. The molecule has 1 amide bonds. The highest BCUT2D eigenvalue weighted by molar-refractivity contribution is 6.30. The fourth-order valence-electron chi connectivity index (χ4n) is 4.13. The van der Waals surface area contributed by atoms with E-state index >= 15 is 0 Å². The number of carbonyl (C=O) groups excluding carboxylic acids is 1. The van der Waals surface area contributed by atoms with E-state index < -0.39 is 0 Å². The molecule has 0 unspecified atom stereocenters. The van der Waals surface area contributed by atoms with Crippen molar-refractivity contribution in [3.05, 3.63) is 52.3 Å². The minimum absolute atomic E-state index is 0.0648. The first kappa shape index (κ1) is 17.6. The Morgan fingerprint density at radius 3 is 2.88 bits per heavy atom. The SMILES string of the molecule is CC1(C)Cc2c(cnn2Cc2cccc(Cl)c2)[C@@H](NC(=O)C2CCC2)C1. The van der Waals surface area contributed by atoms with Gasteiger partial charge in [0.1, 0.15) is 0 Å². The maximum absolute atomic E-state index is 12.5. The standard InChI is InChI=1S/C21H26ClN3O/c1-21(2)10-18(24-20(26)15-6-4-7-15)17-12-23-25(19(17)11-21)13-14-5-3-8-16(22)9-14/h3,5,8-9,12,15,18H,4,6-7,10-11,13H2,1-2H3,(H,24,26)/t18-/m0/s1. The third kappa shape index (κ3) is 3.52. The molecule has 0 saturated heterocycles. The molecule has 2 aliphatic carbocycles. The molecular formula is C21H26ClN3O. The predicted octanol–water partition coefficient (Wildman–Crippen LogP) is 4.51. The second kappa shape index (κ2) is 6.73. The summed E-state index contributed by atoms with van der Waals surface area (Å²) in [6.07, 6.45) is 7.11. The van der Waals surface area contributed by atoms with Crippen molar-refractivity contribution in [2.45, 2.75) is 58.5 Å². The Kier molecular flexibility index (Phi) is 4.55. The number of hydrogen-bond acceptors (Lipinski definition) is 2. The monoisotopic (exact) mass is 371 g/mol. The first-order valence-electron chi connectivity index (χ1n) is 9.51. The first-order chi connectivity index (χ1) is 12.4. The highest BCUT2D eigenvalue weighted by Crippen LogP contribution is 2.41. The van der Waals surface area contributed by atoms with E-state index in [-0.39, 0.29) is 23.3 Å². The first-order valence-corrected chi connectivity index (χ1v) is 9.88. The Bertz CT molecular complexity index is 822. The van der Waals surface area contributed by atoms with Crippen molar-refractivity contribution >= 4 is 17.5 Å². The van der Waals surface area contributed by atoms with Gasteiger partial charge in [0, 0.05) is 22.2 Å². The summed E-state index contributed by atoms with van der Waals surface area (Å²) in [5, 5.41) is 8.70. The number of nitrogens with one attached hydrogen (secondary N) is 1. The van der Waals surface area contributed by atoms with E-state index in [1.165, 1.54) is 17.7 Å². The molecule has 1 aromatic heterocycles. The molecule has 2 aliphatic rings. The lowest BCUT2D eigenvalue weighted by molar-refractivity contribution is -0.128. The zero-order chi connectivity index (χ0) is 18.3. The van der Waals surface area contributed by atoms with E-state index in [2.05, 4.69) is 35.0 Å². The van der Waals surface area contributed by atoms with Gasteiger partial charge in [0.25, 0.3) is 0 Å². The van der Waals surface area contributed by atoms with Crippen molar-refractivity contribution in [3.63, 3.8) is 0 Å². The van der Waals surface area contributed by atoms with Gasteiger partial charge in [-0.2, -0.15) is 5.10 Å². The summed E-state index contributed by atoms with van der Waals surface area (Å²) in [5.74, 6) is 0.428. The zero-order valence-electron chi connectivity index (χ0n) is 15.5. The molecule has 1 heterocycles. The third-order valence-corrected chi connectivity index (χ3v) is 6.01. The number of fused-ring (bicyclic) bond motifs is 1. The molecule has 0 spiro atoms. The van der Waals surface area contributed by atoms with Gasteiger partial charge in [-0.1, -0.05) is 44.0 Å². The summed E-state index contributed by atoms with van der Waals surface area (Å²) < 4.78 is 2.07. The Hall–Kier alpha value is -1.81. The molecule has 0 aliphatic heterocycles. The van der Waals surface area contributed by atoms with Gasteiger partial charge in [0.2, 0.25) is 5.91 Å². The fraction of sp³-hybridized carbons (Fsp3) is 0.524. The Labute approximate surface area is 159 Å². The summed E-state index contributed by atoms with van der Waals surface area (Å²) in [5.41, 5.74) is 3.69. The van der Waals surface area contributed by atoms with Crippen LogP contribution in [0.15, 0.2) is 30.5 Å². The van der Waals surface area contributed by atoms with Gasteiger partial charge in [0.05, 0.1) is 18.8 Å². The zero-order valence-corrected chi connectivity index (χ0v) is 16.2. The molecule has 138 valence electrons. The van der Waals surface area contributed by atoms with Gasteiger partial charge >= 0.3 is 0 Å². The molecule has 4 rings (SSSR count). The lowest BCUT2D eigenvalue weighted by Crippen LogP contribution is -2.41. The van der Waals surface area contributed by atoms with Crippen LogP contribution >= 0.6 is 11.6 Å². The Morgan fingerprint density at radius 2 is 2.19 bits per heavy atom. The van der Waals surface area contributed by atoms with Crippen LogP contribution in [0.25, 0.3) is 0 Å². The average molecular weight is 372 g/mol. The van der Waals surface area contributed by atoms with Crippen molar-refractivity contribution in [2.75, 3.05) is 0 Å². The second-order valence-corrected chi connectivity index (χ2v) is 9.00. The number of halogens is 1. The molecule has 2 aromatic rings. The topological polar surface area (TPSA) is 46.9 Å². The smallest absolute Gasteiger partial charge is 0.223 e. The molecule has 4 nitrogen and oxygen atoms in total. The highest BCUT2D eigenvalue weighted by atomic mass is 35.5. The quantitative estimate of drug-likeness (QED) is 0.859. The maximum Gasteiger partial charge on any atom is 0.223 e. The van der Waals surface area contributed by atoms with Crippen LogP contribution in [-0.2, 0) is 17.8 Å². The lowest BCUT2D eigenvalue weighted by atomic mass is 9.74. The number of nitrogens with zero attached hydrogens (tertiary/aromatic N) is 2. The van der Waals surface area contributed by atoms with Gasteiger partial charge in [-0.15, -0.1) is 0 Å². The van der Waals surface area contributed by atoms with Gasteiger partial charge in [-0.25, -0.2) is 0 Å². The molecule has 26 heavy (non-hydrogen) atoms. The van der Waals surface area contributed by atoms with Crippen molar-refractivity contribution in [1.82, 2.24) is 15.1 Å². The molecule has 0 bridgehead atoms. The van der Waals surface area contributed by atoms with Crippen LogP contribution in [-0.4, -0.2) is 15.7 Å². The number of benzene rings is 1. The summed E-state index contributed by atoms with van der Waals surface area (Å²) in [6, 6.07) is 7.98. The van der Waals surface area contributed by atoms with E-state index in [1.807, 2.05) is 24.4 Å². The highest BCUT2D eigenvalue weighted by Gasteiger charge is 2.37. The maximum atomic E-state index is 12.5. The van der Waals surface area contributed by atoms with E-state index in [4.69, 9.17) is 11.6 Å². The number of aromatic nitrogens is 2. The summed E-state index contributed by atoms with van der Waals surface area (Å²) in [7, 11) is 0. The minimum atomic E-state index is 0.0648. The number of carbonyl (C=O) groups is 1. The van der Waals surface area contributed by atoms with Gasteiger partial charge < -0.3 is 5.32 Å². The van der Waals surface area contributed by atoms with Crippen LogP contribution < -0.4 is 5.32 Å². The predicted molar refractivity (Wildman–Crippen MR) is 103 cm³/mol. The van der Waals surface area contributed by atoms with Crippen molar-refractivity contribution in [3.8, 4) is 0 Å². The number of rotatable bonds is 4. The summed E-state index contributed by atoms with van der Waals surface area (Å²) >= 11 is 6.13. The van der Waals surface area contributed by atoms with Crippen molar-refractivity contribution in [2.24, 2.45) is 11.3 Å². The van der Waals surface area contributed by atoms with Crippen LogP contribution in [0.2, 0.25) is 5.02 Å². The normalized spacial score (nSPS) is 21.7. The van der Waals surface area contributed by atoms with E-state index in [0.29, 0.717) is 6.54 Å². The van der Waals surface area contributed by atoms with E-state index in [0.717, 1.165) is 36.3 Å². The number of hydrogen-bond donors (Lipinski definition) is 1. The van der Waals surface area contributed by atoms with E-state index in [1.54, 1.807) is 0 Å². The molecule has 0 radical (unpaired) electrons. The molecule has 1 N–H and O–H groups in total. The Balaban J connectivity index is 1.59. The van der Waals surface area contributed by atoms with Gasteiger partial charge in [-0.05, 0) is 48.8 Å². The molecule has 1 atom stereocenters. The largest absolute Gasteiger partial charge is 0.349 e. The van der Waals surface area contributed by atoms with Crippen molar-refractivity contribution < 1.29 is 4.79 Å². The minimum Gasteiger partial charge on any atom is -0.349 e. The van der Waals surface area contributed by atoms with Crippen LogP contribution in [0.5, 0.6) is 0 Å². The van der Waals surface area contributed by atoms with Crippen molar-refractivity contribution in [1.29, 1.82) is 0 Å². The molecule has 1 saturated carbocycles. The van der Waals surface area contributed by atoms with Crippen LogP contribution in [0.3, 0.4) is 0 Å². The molecule has 1 aromatic carbocycles. The molecule has 5 heteroatoms. The fourth-order valence-corrected chi connectivity index (χ4v) is 4.34. The van der Waals surface area contributed by atoms with Gasteiger partial charge in [0.15, 0.2) is 0 Å². The van der Waals surface area contributed by atoms with Crippen LogP contribution in [0.1, 0.15) is 62.4 Å². The van der Waals surface area contributed by atoms with E-state index in [9.17, 15) is 4.79 Å². The second-order valence-electron chi connectivity index (χ2n) is 8.57. The van der Waals surface area contributed by atoms with Crippen LogP contribution in [0, 0.1) is 11.3 Å². The Morgan fingerprint density at radius 1 is 1.38 bits per heavy atom. The third-order valence-electron chi connectivity index (χ3n) is 5.77. The number of amides is 1. The average Bonchev–Trinajstić information content (AvgIpc) is 2.87.